The van der Waals surface area contributed by atoms with Crippen LogP contribution < -0.4 is 0 Å². The van der Waals surface area contributed by atoms with Crippen LogP contribution in [-0.2, 0) is 23.0 Å². The SMILES string of the molecule is Cc1cc(S(=O)(=O)N2CCc3[nH]nc(C(=O)O)c3C2)c2ncccc2c1. The van der Waals surface area contributed by atoms with Gasteiger partial charge in [0.15, 0.2) is 5.69 Å². The van der Waals surface area contributed by atoms with E-state index < -0.39 is 16.0 Å². The maximum absolute atomic E-state index is 13.3. The normalized spacial score (nSPS) is 15.1. The lowest BCUT2D eigenvalue weighted by molar-refractivity contribution is 0.0688. The molecule has 0 atom stereocenters. The first-order valence-corrected chi connectivity index (χ1v) is 9.47. The van der Waals surface area contributed by atoms with Crippen LogP contribution in [-0.4, -0.2) is 45.5 Å². The number of carbonyl (C=O) groups is 1. The number of aromatic carboxylic acids is 1. The highest BCUT2D eigenvalue weighted by Crippen LogP contribution is 2.30. The number of hydrogen-bond acceptors (Lipinski definition) is 5. The quantitative estimate of drug-likeness (QED) is 0.723. The number of H-pyrrole nitrogens is 1. The average Bonchev–Trinajstić information content (AvgIpc) is 3.04. The van der Waals surface area contributed by atoms with E-state index >= 15 is 0 Å². The third kappa shape index (κ3) is 2.56. The van der Waals surface area contributed by atoms with Crippen molar-refractivity contribution in [2.45, 2.75) is 24.8 Å². The number of hydrogen-bond donors (Lipinski definition) is 2. The molecule has 0 fully saturated rings. The maximum atomic E-state index is 13.3. The highest BCUT2D eigenvalue weighted by Gasteiger charge is 2.33. The van der Waals surface area contributed by atoms with Gasteiger partial charge in [0.05, 0.1) is 5.52 Å². The van der Waals surface area contributed by atoms with Crippen LogP contribution in [0.4, 0.5) is 0 Å². The number of aryl methyl sites for hydroxylation is 1. The number of rotatable bonds is 3. The van der Waals surface area contributed by atoms with E-state index in [1.165, 1.54) is 4.31 Å². The van der Waals surface area contributed by atoms with Crippen LogP contribution in [0.2, 0.25) is 0 Å². The number of aromatic nitrogens is 3. The molecule has 1 aliphatic rings. The van der Waals surface area contributed by atoms with E-state index in [-0.39, 0.29) is 23.7 Å². The molecule has 2 aromatic heterocycles. The molecule has 2 N–H and O–H groups in total. The Kier molecular flexibility index (Phi) is 3.78. The zero-order valence-corrected chi connectivity index (χ0v) is 14.7. The molecule has 134 valence electrons. The molecule has 1 aliphatic heterocycles. The van der Waals surface area contributed by atoms with E-state index in [9.17, 15) is 18.3 Å². The number of aromatic amines is 1. The summed E-state index contributed by atoms with van der Waals surface area (Å²) >= 11 is 0. The molecule has 3 aromatic rings. The standard InChI is InChI=1S/C17H16N4O4S/c1-10-7-11-3-2-5-18-15(11)14(8-10)26(24,25)21-6-4-13-12(9-21)16(17(22)23)20-19-13/h2-3,5,7-8H,4,6,9H2,1H3,(H,19,20)(H,22,23). The number of carboxylic acids is 1. The molecule has 3 heterocycles. The fourth-order valence-corrected chi connectivity index (χ4v) is 4.95. The van der Waals surface area contributed by atoms with Crippen molar-refractivity contribution in [1.29, 1.82) is 0 Å². The number of sulfonamides is 1. The van der Waals surface area contributed by atoms with Crippen molar-refractivity contribution in [2.24, 2.45) is 0 Å². The van der Waals surface area contributed by atoms with Gasteiger partial charge in [0, 0.05) is 42.4 Å². The largest absolute Gasteiger partial charge is 0.476 e. The van der Waals surface area contributed by atoms with E-state index in [2.05, 4.69) is 15.2 Å². The van der Waals surface area contributed by atoms with Crippen molar-refractivity contribution >= 4 is 26.9 Å². The van der Waals surface area contributed by atoms with Gasteiger partial charge in [0.1, 0.15) is 4.90 Å². The average molecular weight is 372 g/mol. The van der Waals surface area contributed by atoms with Gasteiger partial charge in [0.2, 0.25) is 10.0 Å². The molecule has 0 spiro atoms. The number of benzene rings is 1. The van der Waals surface area contributed by atoms with E-state index in [1.54, 1.807) is 18.3 Å². The second-order valence-corrected chi connectivity index (χ2v) is 8.17. The van der Waals surface area contributed by atoms with Gasteiger partial charge in [-0.05, 0) is 30.7 Å². The number of nitrogens with zero attached hydrogens (tertiary/aromatic N) is 3. The van der Waals surface area contributed by atoms with Crippen LogP contribution in [0.15, 0.2) is 35.4 Å². The second-order valence-electron chi connectivity index (χ2n) is 6.26. The smallest absolute Gasteiger partial charge is 0.356 e. The molecular formula is C17H16N4O4S. The van der Waals surface area contributed by atoms with Crippen LogP contribution in [0, 0.1) is 6.92 Å². The Morgan fingerprint density at radius 3 is 2.92 bits per heavy atom. The van der Waals surface area contributed by atoms with Gasteiger partial charge in [-0.2, -0.15) is 9.40 Å². The molecule has 1 aromatic carbocycles. The Morgan fingerprint density at radius 2 is 2.15 bits per heavy atom. The van der Waals surface area contributed by atoms with E-state index in [4.69, 9.17) is 0 Å². The van der Waals surface area contributed by atoms with Gasteiger partial charge in [-0.25, -0.2) is 13.2 Å². The summed E-state index contributed by atoms with van der Waals surface area (Å²) in [5.74, 6) is -1.18. The summed E-state index contributed by atoms with van der Waals surface area (Å²) in [7, 11) is -3.84. The van der Waals surface area contributed by atoms with E-state index in [1.807, 2.05) is 19.1 Å². The van der Waals surface area contributed by atoms with Crippen molar-refractivity contribution < 1.29 is 18.3 Å². The van der Waals surface area contributed by atoms with Crippen LogP contribution in [0.25, 0.3) is 10.9 Å². The maximum Gasteiger partial charge on any atom is 0.356 e. The van der Waals surface area contributed by atoms with E-state index in [0.717, 1.165) is 10.9 Å². The monoisotopic (exact) mass is 372 g/mol. The molecule has 8 nitrogen and oxygen atoms in total. The molecule has 26 heavy (non-hydrogen) atoms. The van der Waals surface area contributed by atoms with Gasteiger partial charge < -0.3 is 5.11 Å². The predicted molar refractivity (Wildman–Crippen MR) is 93.3 cm³/mol. The first kappa shape index (κ1) is 16.7. The van der Waals surface area contributed by atoms with Gasteiger partial charge in [-0.1, -0.05) is 6.07 Å². The summed E-state index contributed by atoms with van der Waals surface area (Å²) in [5.41, 5.74) is 2.18. The van der Waals surface area contributed by atoms with Gasteiger partial charge >= 0.3 is 5.97 Å². The minimum absolute atomic E-state index is 0.0297. The first-order chi connectivity index (χ1) is 12.4. The molecule has 0 saturated carbocycles. The highest BCUT2D eigenvalue weighted by atomic mass is 32.2. The van der Waals surface area contributed by atoms with Gasteiger partial charge in [-0.3, -0.25) is 10.1 Å². The number of pyridine rings is 1. The topological polar surface area (TPSA) is 116 Å². The Hall–Kier alpha value is -2.78. The van der Waals surface area contributed by atoms with Gasteiger partial charge in [-0.15, -0.1) is 0 Å². The molecule has 0 amide bonds. The van der Waals surface area contributed by atoms with Crippen LogP contribution in [0.5, 0.6) is 0 Å². The lowest BCUT2D eigenvalue weighted by Gasteiger charge is -2.26. The minimum Gasteiger partial charge on any atom is -0.476 e. The number of carboxylic acid groups (broad SMARTS) is 1. The first-order valence-electron chi connectivity index (χ1n) is 8.03. The summed E-state index contributed by atoms with van der Waals surface area (Å²) in [6, 6.07) is 7.07. The van der Waals surface area contributed by atoms with Crippen molar-refractivity contribution in [2.75, 3.05) is 6.54 Å². The third-order valence-corrected chi connectivity index (χ3v) is 6.39. The van der Waals surface area contributed by atoms with E-state index in [0.29, 0.717) is 23.2 Å². The highest BCUT2D eigenvalue weighted by molar-refractivity contribution is 7.89. The van der Waals surface area contributed by atoms with Crippen molar-refractivity contribution in [1.82, 2.24) is 19.5 Å². The zero-order valence-electron chi connectivity index (χ0n) is 13.9. The van der Waals surface area contributed by atoms with Crippen LogP contribution in [0.1, 0.15) is 27.3 Å². The van der Waals surface area contributed by atoms with Crippen LogP contribution >= 0.6 is 0 Å². The van der Waals surface area contributed by atoms with Crippen molar-refractivity contribution in [3.8, 4) is 0 Å². The summed E-state index contributed by atoms with van der Waals surface area (Å²) in [6.07, 6.45) is 1.94. The molecule has 4 rings (SSSR count). The summed E-state index contributed by atoms with van der Waals surface area (Å²) in [5, 5.41) is 16.5. The molecule has 9 heteroatoms. The summed E-state index contributed by atoms with van der Waals surface area (Å²) in [4.78, 5) is 15.7. The zero-order chi connectivity index (χ0) is 18.5. The molecule has 0 radical (unpaired) electrons. The Bertz CT molecular complexity index is 1140. The molecular weight excluding hydrogens is 356 g/mol. The molecule has 0 unspecified atom stereocenters. The fourth-order valence-electron chi connectivity index (χ4n) is 3.29. The van der Waals surface area contributed by atoms with Crippen molar-refractivity contribution in [3.05, 3.63) is 53.0 Å². The number of fused-ring (bicyclic) bond motifs is 2. The lowest BCUT2D eigenvalue weighted by atomic mass is 10.1. The molecule has 0 saturated heterocycles. The summed E-state index contributed by atoms with van der Waals surface area (Å²) < 4.78 is 27.8. The second kappa shape index (κ2) is 5.89. The number of nitrogens with one attached hydrogen (secondary N) is 1. The predicted octanol–water partition coefficient (Wildman–Crippen LogP) is 1.71. The Labute approximate surface area is 149 Å². The summed E-state index contributed by atoms with van der Waals surface area (Å²) in [6.45, 7) is 2.05. The molecule has 0 bridgehead atoms. The Morgan fingerprint density at radius 1 is 1.35 bits per heavy atom. The van der Waals surface area contributed by atoms with Gasteiger partial charge in [0.25, 0.3) is 0 Å². The van der Waals surface area contributed by atoms with Crippen molar-refractivity contribution in [3.63, 3.8) is 0 Å². The Balaban J connectivity index is 1.81. The minimum atomic E-state index is -3.84. The third-order valence-electron chi connectivity index (χ3n) is 4.53. The van der Waals surface area contributed by atoms with Crippen LogP contribution in [0.3, 0.4) is 0 Å². The lowest BCUT2D eigenvalue weighted by Crippen LogP contribution is -2.36. The fraction of sp³-hybridized carbons (Fsp3) is 0.235. The molecule has 0 aliphatic carbocycles.